The van der Waals surface area contributed by atoms with Gasteiger partial charge in [-0.3, -0.25) is 9.59 Å². The Morgan fingerprint density at radius 2 is 1.14 bits per heavy atom. The maximum atomic E-state index is 12.4. The van der Waals surface area contributed by atoms with Crippen LogP contribution in [0.5, 0.6) is 0 Å². The van der Waals surface area contributed by atoms with Crippen LogP contribution < -0.4 is 0 Å². The highest BCUT2D eigenvalue weighted by molar-refractivity contribution is 5.85. The highest BCUT2D eigenvalue weighted by Gasteiger charge is 3.03. The molecule has 0 aromatic carbocycles. The van der Waals surface area contributed by atoms with Gasteiger partial charge < -0.3 is 9.47 Å². The zero-order chi connectivity index (χ0) is 15.0. The Bertz CT molecular complexity index is 551. The second-order valence-electron chi connectivity index (χ2n) is 8.64. The maximum absolute atomic E-state index is 12.4. The summed E-state index contributed by atoms with van der Waals surface area (Å²) < 4.78 is 10.2. The number of ether oxygens (including phenoxy) is 2. The molecule has 7 rings (SSSR count). The molecule has 0 N–H and O–H groups in total. The monoisotopic (exact) mass is 302 g/mol. The largest absolute Gasteiger partial charge is 0.469 e. The SMILES string of the molecule is COC(=O)[C@@H]1C2[C@@H]3[C@@H]4C([C@@H]1C(=O)OC)[C@H]1[C@H]2C32CCCCC412. The van der Waals surface area contributed by atoms with Crippen LogP contribution in [-0.2, 0) is 19.1 Å². The van der Waals surface area contributed by atoms with Crippen molar-refractivity contribution >= 4 is 11.9 Å². The Morgan fingerprint density at radius 1 is 0.773 bits per heavy atom. The Morgan fingerprint density at radius 3 is 1.45 bits per heavy atom. The molecule has 7 aliphatic rings. The molecule has 4 unspecified atom stereocenters. The van der Waals surface area contributed by atoms with E-state index in [1.165, 1.54) is 39.9 Å². The molecule has 0 aromatic rings. The van der Waals surface area contributed by atoms with Crippen molar-refractivity contribution in [3.63, 3.8) is 0 Å². The molecule has 2 bridgehead atoms. The maximum Gasteiger partial charge on any atom is 0.309 e. The lowest BCUT2D eigenvalue weighted by Crippen LogP contribution is -3.03. The van der Waals surface area contributed by atoms with Crippen molar-refractivity contribution in [1.82, 2.24) is 0 Å². The fourth-order valence-corrected chi connectivity index (χ4v) is 9.53. The second kappa shape index (κ2) is 3.25. The first-order valence-electron chi connectivity index (χ1n) is 8.82. The van der Waals surface area contributed by atoms with Crippen molar-refractivity contribution in [3.8, 4) is 0 Å². The zero-order valence-electron chi connectivity index (χ0n) is 13.1. The predicted molar refractivity (Wildman–Crippen MR) is 75.3 cm³/mol. The number of carbonyl (C=O) groups is 2. The third-order valence-electron chi connectivity index (χ3n) is 9.27. The van der Waals surface area contributed by atoms with Gasteiger partial charge in [-0.05, 0) is 59.2 Å². The molecule has 0 saturated heterocycles. The first-order chi connectivity index (χ1) is 10.7. The summed E-state index contributed by atoms with van der Waals surface area (Å²) in [6.07, 6.45) is 5.51. The van der Waals surface area contributed by atoms with E-state index in [1.54, 1.807) is 0 Å². The number of hydrogen-bond donors (Lipinski definition) is 0. The summed E-state index contributed by atoms with van der Waals surface area (Å²) >= 11 is 0. The second-order valence-corrected chi connectivity index (χ2v) is 8.64. The number of methoxy groups -OCH3 is 2. The molecule has 22 heavy (non-hydrogen) atoms. The Balaban J connectivity index is 1.45. The minimum Gasteiger partial charge on any atom is -0.469 e. The normalized spacial score (nSPS) is 63.9. The number of fused-ring (bicyclic) bond motifs is 1. The average Bonchev–Trinajstić information content (AvgIpc) is 2.55. The molecule has 7 aliphatic carbocycles. The lowest BCUT2D eigenvalue weighted by molar-refractivity contribution is -0.592. The van der Waals surface area contributed by atoms with E-state index in [0.29, 0.717) is 22.7 Å². The Labute approximate surface area is 129 Å². The summed E-state index contributed by atoms with van der Waals surface area (Å²) in [6.45, 7) is 0. The molecule has 4 nitrogen and oxygen atoms in total. The van der Waals surface area contributed by atoms with E-state index < -0.39 is 0 Å². The van der Waals surface area contributed by atoms with Crippen LogP contribution in [0.2, 0.25) is 0 Å². The van der Waals surface area contributed by atoms with Crippen LogP contribution in [0.25, 0.3) is 0 Å². The Kier molecular flexibility index (Phi) is 1.83. The standard InChI is InChI=1S/C18H22O4/c1-21-15(19)7-8(16(20)22-2)10-13-11-9(7)12-14(10)18(13)6-4-3-5-17(11,12)18/h7-14H,3-6H2,1-2H3/t7-,8+,9?,10?,11-,12+,13-,14-,17?,18?/m0/s1. The number of hydrogen-bond acceptors (Lipinski definition) is 4. The molecular formula is C18H22O4. The molecular weight excluding hydrogens is 280 g/mol. The summed E-state index contributed by atoms with van der Waals surface area (Å²) in [5, 5.41) is 0. The first kappa shape index (κ1) is 12.4. The smallest absolute Gasteiger partial charge is 0.309 e. The van der Waals surface area contributed by atoms with Crippen LogP contribution in [-0.4, -0.2) is 26.2 Å². The van der Waals surface area contributed by atoms with Gasteiger partial charge in [-0.25, -0.2) is 0 Å². The van der Waals surface area contributed by atoms with Crippen molar-refractivity contribution in [1.29, 1.82) is 0 Å². The molecule has 0 heterocycles. The van der Waals surface area contributed by atoms with Crippen LogP contribution in [0.15, 0.2) is 0 Å². The number of esters is 2. The van der Waals surface area contributed by atoms with Crippen molar-refractivity contribution < 1.29 is 19.1 Å². The van der Waals surface area contributed by atoms with E-state index in [4.69, 9.17) is 9.47 Å². The molecule has 0 aliphatic heterocycles. The number of carbonyl (C=O) groups excluding carboxylic acids is 2. The van der Waals surface area contributed by atoms with Crippen LogP contribution in [0.4, 0.5) is 0 Å². The Hall–Kier alpha value is -1.06. The van der Waals surface area contributed by atoms with Gasteiger partial charge in [0.2, 0.25) is 0 Å². The highest BCUT2D eigenvalue weighted by Crippen LogP contribution is 3.05. The van der Waals surface area contributed by atoms with Gasteiger partial charge in [0.25, 0.3) is 0 Å². The molecule has 118 valence electrons. The van der Waals surface area contributed by atoms with Crippen molar-refractivity contribution in [2.24, 2.45) is 58.2 Å². The first-order valence-corrected chi connectivity index (χ1v) is 8.82. The lowest BCUT2D eigenvalue weighted by Gasteiger charge is -3.05. The topological polar surface area (TPSA) is 52.6 Å². The highest BCUT2D eigenvalue weighted by atomic mass is 16.5. The molecule has 0 aromatic heterocycles. The van der Waals surface area contributed by atoms with E-state index in [9.17, 15) is 9.59 Å². The summed E-state index contributed by atoms with van der Waals surface area (Å²) in [6, 6.07) is 0. The predicted octanol–water partition coefficient (Wildman–Crippen LogP) is 1.88. The van der Waals surface area contributed by atoms with Crippen LogP contribution in [0, 0.1) is 58.2 Å². The quantitative estimate of drug-likeness (QED) is 0.731. The van der Waals surface area contributed by atoms with E-state index in [-0.39, 0.29) is 23.8 Å². The van der Waals surface area contributed by atoms with Gasteiger partial charge in [0, 0.05) is 0 Å². The van der Waals surface area contributed by atoms with Gasteiger partial charge >= 0.3 is 11.9 Å². The summed E-state index contributed by atoms with van der Waals surface area (Å²) in [5.74, 6) is 2.92. The van der Waals surface area contributed by atoms with Crippen molar-refractivity contribution in [2.75, 3.05) is 14.2 Å². The van der Waals surface area contributed by atoms with Crippen LogP contribution in [0.1, 0.15) is 25.7 Å². The minimum absolute atomic E-state index is 0.169. The fourth-order valence-electron chi connectivity index (χ4n) is 9.53. The third-order valence-corrected chi connectivity index (χ3v) is 9.27. The molecule has 7 saturated carbocycles. The summed E-state index contributed by atoms with van der Waals surface area (Å²) in [5.41, 5.74) is 1.18. The van der Waals surface area contributed by atoms with Gasteiger partial charge in [0.05, 0.1) is 26.1 Å². The third kappa shape index (κ3) is 0.771. The van der Waals surface area contributed by atoms with Gasteiger partial charge in [-0.1, -0.05) is 12.8 Å². The molecule has 4 heteroatoms. The van der Waals surface area contributed by atoms with Gasteiger partial charge in [-0.2, -0.15) is 0 Å². The molecule has 0 amide bonds. The average molecular weight is 302 g/mol. The lowest BCUT2D eigenvalue weighted by atomic mass is 8.98. The molecule has 2 spiro atoms. The van der Waals surface area contributed by atoms with E-state index in [2.05, 4.69) is 0 Å². The van der Waals surface area contributed by atoms with Gasteiger partial charge in [0.15, 0.2) is 0 Å². The molecule has 7 fully saturated rings. The molecule has 10 atom stereocenters. The van der Waals surface area contributed by atoms with E-state index >= 15 is 0 Å². The summed E-state index contributed by atoms with van der Waals surface area (Å²) in [7, 11) is 2.91. The zero-order valence-corrected chi connectivity index (χ0v) is 13.1. The summed E-state index contributed by atoms with van der Waals surface area (Å²) in [4.78, 5) is 24.8. The van der Waals surface area contributed by atoms with Crippen LogP contribution >= 0.6 is 0 Å². The van der Waals surface area contributed by atoms with E-state index in [1.807, 2.05) is 0 Å². The van der Waals surface area contributed by atoms with Crippen molar-refractivity contribution in [3.05, 3.63) is 0 Å². The van der Waals surface area contributed by atoms with Crippen LogP contribution in [0.3, 0.4) is 0 Å². The van der Waals surface area contributed by atoms with Crippen molar-refractivity contribution in [2.45, 2.75) is 25.7 Å². The van der Waals surface area contributed by atoms with E-state index in [0.717, 1.165) is 23.7 Å². The fraction of sp³-hybridized carbons (Fsp3) is 0.889. The van der Waals surface area contributed by atoms with Gasteiger partial charge in [-0.15, -0.1) is 0 Å². The van der Waals surface area contributed by atoms with Gasteiger partial charge in [0.1, 0.15) is 0 Å². The molecule has 0 radical (unpaired) electrons. The number of rotatable bonds is 2. The minimum atomic E-state index is -0.226.